The first-order chi connectivity index (χ1) is 11.5. The fraction of sp³-hybridized carbons (Fsp3) is 0.0769. The third-order valence-corrected chi connectivity index (χ3v) is 5.42. The lowest BCUT2D eigenvalue weighted by atomic mass is 10.3. The Balaban J connectivity index is 1.76. The van der Waals surface area contributed by atoms with E-state index in [1.807, 2.05) is 0 Å². The van der Waals surface area contributed by atoms with Gasteiger partial charge >= 0.3 is 5.00 Å². The molecule has 8 nitrogen and oxygen atoms in total. The van der Waals surface area contributed by atoms with E-state index in [0.717, 1.165) is 16.0 Å². The molecular weight excluding hydrogens is 376 g/mol. The summed E-state index contributed by atoms with van der Waals surface area (Å²) in [5.74, 6) is 0.0735. The van der Waals surface area contributed by atoms with Crippen LogP contribution in [0.15, 0.2) is 24.3 Å². The summed E-state index contributed by atoms with van der Waals surface area (Å²) in [5, 5.41) is 11.5. The number of fused-ring (bicyclic) bond motifs is 1. The Morgan fingerprint density at radius 2 is 2.12 bits per heavy atom. The summed E-state index contributed by atoms with van der Waals surface area (Å²) in [6.07, 6.45) is 0. The summed E-state index contributed by atoms with van der Waals surface area (Å²) in [4.78, 5) is 26.6. The van der Waals surface area contributed by atoms with Gasteiger partial charge in [0.1, 0.15) is 16.1 Å². The lowest BCUT2D eigenvalue weighted by Gasteiger charge is -2.02. The van der Waals surface area contributed by atoms with E-state index in [1.54, 1.807) is 12.1 Å². The quantitative estimate of drug-likeness (QED) is 0.513. The molecular formula is C13H9ClN4O4S2. The average molecular weight is 385 g/mol. The Morgan fingerprint density at radius 3 is 2.79 bits per heavy atom. The Hall–Kier alpha value is -2.43. The van der Waals surface area contributed by atoms with Crippen LogP contribution in [-0.4, -0.2) is 22.9 Å². The minimum atomic E-state index is -0.545. The van der Waals surface area contributed by atoms with Crippen LogP contribution in [-0.2, 0) is 0 Å². The van der Waals surface area contributed by atoms with Crippen LogP contribution in [0.25, 0.3) is 10.2 Å². The molecule has 3 aromatic rings. The van der Waals surface area contributed by atoms with E-state index in [2.05, 4.69) is 15.8 Å². The summed E-state index contributed by atoms with van der Waals surface area (Å²) >= 11 is 8.16. The molecule has 1 amide bonds. The maximum atomic E-state index is 12.0. The summed E-state index contributed by atoms with van der Waals surface area (Å²) in [6, 6.07) is 6.07. The number of benzene rings is 1. The SMILES string of the molecule is COc1ccc(Cl)c2sc(NNC(=O)c3ccc([N+](=O)[O-])s3)nc12. The zero-order valence-electron chi connectivity index (χ0n) is 12.0. The van der Waals surface area contributed by atoms with Crippen molar-refractivity contribution in [3.8, 4) is 5.75 Å². The molecule has 2 N–H and O–H groups in total. The van der Waals surface area contributed by atoms with E-state index < -0.39 is 10.8 Å². The highest BCUT2D eigenvalue weighted by atomic mass is 35.5. The monoisotopic (exact) mass is 384 g/mol. The van der Waals surface area contributed by atoms with Gasteiger partial charge in [-0.05, 0) is 18.2 Å². The highest BCUT2D eigenvalue weighted by Crippen LogP contribution is 2.37. The van der Waals surface area contributed by atoms with Gasteiger partial charge in [-0.3, -0.25) is 25.8 Å². The van der Waals surface area contributed by atoms with Gasteiger partial charge < -0.3 is 4.74 Å². The lowest BCUT2D eigenvalue weighted by molar-refractivity contribution is -0.380. The first-order valence-corrected chi connectivity index (χ1v) is 8.44. The van der Waals surface area contributed by atoms with Crippen molar-refractivity contribution in [2.45, 2.75) is 0 Å². The van der Waals surface area contributed by atoms with E-state index in [0.29, 0.717) is 21.4 Å². The number of hydrazine groups is 1. The Bertz CT molecular complexity index is 939. The third-order valence-electron chi connectivity index (χ3n) is 2.96. The predicted molar refractivity (Wildman–Crippen MR) is 93.2 cm³/mol. The Labute approximate surface area is 148 Å². The van der Waals surface area contributed by atoms with E-state index in [-0.39, 0.29) is 9.88 Å². The van der Waals surface area contributed by atoms with E-state index in [9.17, 15) is 14.9 Å². The van der Waals surface area contributed by atoms with Gasteiger partial charge in [0.15, 0.2) is 0 Å². The van der Waals surface area contributed by atoms with Crippen molar-refractivity contribution in [3.63, 3.8) is 0 Å². The number of thiazole rings is 1. The van der Waals surface area contributed by atoms with Crippen LogP contribution < -0.4 is 15.6 Å². The molecule has 24 heavy (non-hydrogen) atoms. The molecule has 0 bridgehead atoms. The number of anilines is 1. The van der Waals surface area contributed by atoms with Gasteiger partial charge in [-0.15, -0.1) is 0 Å². The molecule has 3 rings (SSSR count). The molecule has 0 radical (unpaired) electrons. The first-order valence-electron chi connectivity index (χ1n) is 6.43. The number of nitro groups is 1. The fourth-order valence-corrected chi connectivity index (χ4v) is 3.72. The second kappa shape index (κ2) is 6.59. The number of hydrogen-bond acceptors (Lipinski definition) is 8. The summed E-state index contributed by atoms with van der Waals surface area (Å²) in [7, 11) is 1.53. The van der Waals surface area contributed by atoms with E-state index >= 15 is 0 Å². The van der Waals surface area contributed by atoms with Crippen molar-refractivity contribution in [1.29, 1.82) is 0 Å². The van der Waals surface area contributed by atoms with Gasteiger partial charge in [0.2, 0.25) is 5.13 Å². The summed E-state index contributed by atoms with van der Waals surface area (Å²) in [5.41, 5.74) is 5.71. The van der Waals surface area contributed by atoms with Crippen molar-refractivity contribution < 1.29 is 14.5 Å². The molecule has 124 valence electrons. The maximum absolute atomic E-state index is 12.0. The standard InChI is InChI=1S/C13H9ClN4O4S2/c1-22-7-3-2-6(14)11-10(7)15-13(24-11)17-16-12(19)8-4-5-9(23-8)18(20)21/h2-5H,1H3,(H,15,17)(H,16,19). The number of nitrogens with one attached hydrogen (secondary N) is 2. The van der Waals surface area contributed by atoms with Gasteiger partial charge in [0, 0.05) is 6.07 Å². The maximum Gasteiger partial charge on any atom is 0.324 e. The normalized spacial score (nSPS) is 10.6. The molecule has 0 aliphatic rings. The summed E-state index contributed by atoms with van der Waals surface area (Å²) in [6.45, 7) is 0. The van der Waals surface area contributed by atoms with Crippen LogP contribution in [0.2, 0.25) is 5.02 Å². The van der Waals surface area contributed by atoms with Crippen molar-refractivity contribution in [2.75, 3.05) is 12.5 Å². The van der Waals surface area contributed by atoms with Crippen molar-refractivity contribution >= 4 is 60.5 Å². The fourth-order valence-electron chi connectivity index (χ4n) is 1.89. The largest absolute Gasteiger partial charge is 0.494 e. The number of methoxy groups -OCH3 is 1. The number of rotatable bonds is 5. The lowest BCUT2D eigenvalue weighted by Crippen LogP contribution is -2.28. The number of nitrogens with zero attached hydrogens (tertiary/aromatic N) is 2. The number of halogens is 1. The van der Waals surface area contributed by atoms with Gasteiger partial charge in [0.05, 0.1) is 21.8 Å². The average Bonchev–Trinajstić information content (AvgIpc) is 3.20. The number of aromatic nitrogens is 1. The van der Waals surface area contributed by atoms with Crippen LogP contribution >= 0.6 is 34.3 Å². The van der Waals surface area contributed by atoms with Crippen molar-refractivity contribution in [2.24, 2.45) is 0 Å². The Morgan fingerprint density at radius 1 is 1.33 bits per heavy atom. The first kappa shape index (κ1) is 16.4. The highest BCUT2D eigenvalue weighted by molar-refractivity contribution is 7.22. The third kappa shape index (κ3) is 3.11. The molecule has 0 fully saturated rings. The van der Waals surface area contributed by atoms with E-state index in [1.165, 1.54) is 30.6 Å². The topological polar surface area (TPSA) is 106 Å². The predicted octanol–water partition coefficient (Wildman–Crippen LogP) is 3.68. The van der Waals surface area contributed by atoms with Crippen LogP contribution in [0, 0.1) is 10.1 Å². The smallest absolute Gasteiger partial charge is 0.324 e. The van der Waals surface area contributed by atoms with Crippen LogP contribution in [0.1, 0.15) is 9.67 Å². The number of carbonyl (C=O) groups is 1. The number of amides is 1. The van der Waals surface area contributed by atoms with Gasteiger partial charge in [-0.2, -0.15) is 0 Å². The molecule has 0 spiro atoms. The number of carbonyl (C=O) groups excluding carboxylic acids is 1. The summed E-state index contributed by atoms with van der Waals surface area (Å²) < 4.78 is 5.95. The molecule has 2 aromatic heterocycles. The molecule has 11 heteroatoms. The molecule has 2 heterocycles. The highest BCUT2D eigenvalue weighted by Gasteiger charge is 2.16. The van der Waals surface area contributed by atoms with Crippen molar-refractivity contribution in [1.82, 2.24) is 10.4 Å². The van der Waals surface area contributed by atoms with Gasteiger partial charge in [-0.1, -0.05) is 34.3 Å². The minimum absolute atomic E-state index is 0.100. The Kier molecular flexibility index (Phi) is 4.51. The van der Waals surface area contributed by atoms with E-state index in [4.69, 9.17) is 16.3 Å². The zero-order valence-corrected chi connectivity index (χ0v) is 14.4. The zero-order chi connectivity index (χ0) is 17.3. The molecule has 1 aromatic carbocycles. The van der Waals surface area contributed by atoms with Crippen LogP contribution in [0.3, 0.4) is 0 Å². The molecule has 0 aliphatic heterocycles. The van der Waals surface area contributed by atoms with Crippen LogP contribution in [0.5, 0.6) is 5.75 Å². The number of hydrogen-bond donors (Lipinski definition) is 2. The molecule has 0 unspecified atom stereocenters. The second-order valence-corrected chi connectivity index (χ2v) is 6.89. The molecule has 0 atom stereocenters. The molecule has 0 aliphatic carbocycles. The molecule has 0 saturated carbocycles. The molecule has 0 saturated heterocycles. The number of ether oxygens (including phenoxy) is 1. The van der Waals surface area contributed by atoms with Crippen LogP contribution in [0.4, 0.5) is 10.1 Å². The minimum Gasteiger partial charge on any atom is -0.494 e. The van der Waals surface area contributed by atoms with Gasteiger partial charge in [-0.25, -0.2) is 4.98 Å². The second-order valence-electron chi connectivity index (χ2n) is 4.42. The van der Waals surface area contributed by atoms with Gasteiger partial charge in [0.25, 0.3) is 5.91 Å². The number of thiophene rings is 1. The van der Waals surface area contributed by atoms with Crippen molar-refractivity contribution in [3.05, 3.63) is 44.3 Å².